The highest BCUT2D eigenvalue weighted by Gasteiger charge is 2.39. The molecule has 8 nitrogen and oxygen atoms in total. The quantitative estimate of drug-likeness (QED) is 0.501. The minimum Gasteiger partial charge on any atom is -0.322 e. The third-order valence-corrected chi connectivity index (χ3v) is 6.39. The summed E-state index contributed by atoms with van der Waals surface area (Å²) in [5, 5.41) is 10.8. The minimum atomic E-state index is -0.622. The van der Waals surface area contributed by atoms with E-state index in [1.807, 2.05) is 48.9 Å². The fourth-order valence-electron chi connectivity index (χ4n) is 3.99. The highest BCUT2D eigenvalue weighted by Crippen LogP contribution is 2.29. The molecule has 0 spiro atoms. The molecule has 0 aliphatic carbocycles. The van der Waals surface area contributed by atoms with Crippen molar-refractivity contribution in [3.63, 3.8) is 0 Å². The van der Waals surface area contributed by atoms with E-state index in [9.17, 15) is 14.4 Å². The van der Waals surface area contributed by atoms with Crippen LogP contribution in [-0.4, -0.2) is 49.9 Å². The Morgan fingerprint density at radius 3 is 2.65 bits per heavy atom. The van der Waals surface area contributed by atoms with Gasteiger partial charge in [-0.2, -0.15) is 0 Å². The zero-order valence-electron chi connectivity index (χ0n) is 16.7. The monoisotopic (exact) mass is 433 g/mol. The van der Waals surface area contributed by atoms with Crippen molar-refractivity contribution in [1.29, 1.82) is 0 Å². The summed E-state index contributed by atoms with van der Waals surface area (Å²) in [5.74, 6) is -0.895. The normalized spacial score (nSPS) is 18.3. The van der Waals surface area contributed by atoms with Gasteiger partial charge in [0.25, 0.3) is 5.91 Å². The Morgan fingerprint density at radius 2 is 1.90 bits per heavy atom. The van der Waals surface area contributed by atoms with Gasteiger partial charge in [0.2, 0.25) is 11.8 Å². The number of fused-ring (bicyclic) bond motifs is 1. The van der Waals surface area contributed by atoms with Crippen LogP contribution in [0.1, 0.15) is 28.8 Å². The third-order valence-electron chi connectivity index (χ3n) is 5.65. The number of carbonyl (C=O) groups excluding carboxylic acids is 3. The van der Waals surface area contributed by atoms with E-state index >= 15 is 0 Å². The van der Waals surface area contributed by atoms with Crippen molar-refractivity contribution in [2.24, 2.45) is 0 Å². The molecule has 9 heteroatoms. The molecule has 3 amide bonds. The first kappa shape index (κ1) is 19.5. The van der Waals surface area contributed by atoms with Gasteiger partial charge in [-0.05, 0) is 48.6 Å². The Kier molecular flexibility index (Phi) is 4.82. The van der Waals surface area contributed by atoms with Crippen molar-refractivity contribution in [2.75, 3.05) is 6.26 Å². The number of amides is 3. The van der Waals surface area contributed by atoms with E-state index in [0.29, 0.717) is 18.5 Å². The van der Waals surface area contributed by atoms with Crippen molar-refractivity contribution in [1.82, 2.24) is 25.2 Å². The van der Waals surface area contributed by atoms with Crippen molar-refractivity contribution in [3.05, 3.63) is 59.8 Å². The number of benzene rings is 2. The SMILES string of the molecule is CSc1ccc(-c2cn(-c3ccc4c(c3)CN(C3CCC(=O)NC3=O)C4=O)nn2)cc1. The average molecular weight is 433 g/mol. The molecule has 0 saturated carbocycles. The second-order valence-electron chi connectivity index (χ2n) is 7.52. The molecule has 2 aliphatic heterocycles. The van der Waals surface area contributed by atoms with Crippen molar-refractivity contribution in [2.45, 2.75) is 30.3 Å². The second-order valence-corrected chi connectivity index (χ2v) is 8.40. The van der Waals surface area contributed by atoms with Crippen molar-refractivity contribution < 1.29 is 14.4 Å². The lowest BCUT2D eigenvalue weighted by Gasteiger charge is -2.29. The minimum absolute atomic E-state index is 0.191. The zero-order valence-corrected chi connectivity index (χ0v) is 17.6. The molecule has 0 radical (unpaired) electrons. The Balaban J connectivity index is 1.39. The molecule has 1 saturated heterocycles. The molecule has 31 heavy (non-hydrogen) atoms. The number of hydrogen-bond acceptors (Lipinski definition) is 6. The van der Waals surface area contributed by atoms with Crippen LogP contribution in [0.3, 0.4) is 0 Å². The first-order valence-corrected chi connectivity index (χ1v) is 11.1. The first-order valence-electron chi connectivity index (χ1n) is 9.88. The summed E-state index contributed by atoms with van der Waals surface area (Å²) in [4.78, 5) is 39.2. The number of rotatable bonds is 4. The molecule has 5 rings (SSSR count). The number of nitrogens with one attached hydrogen (secondary N) is 1. The molecule has 1 fully saturated rings. The molecule has 3 heterocycles. The van der Waals surface area contributed by atoms with Crippen LogP contribution in [0.2, 0.25) is 0 Å². The summed E-state index contributed by atoms with van der Waals surface area (Å²) in [5.41, 5.74) is 3.92. The summed E-state index contributed by atoms with van der Waals surface area (Å²) < 4.78 is 1.68. The average Bonchev–Trinajstić information content (AvgIpc) is 3.39. The molecule has 3 aromatic rings. The number of imide groups is 1. The van der Waals surface area contributed by atoms with Gasteiger partial charge < -0.3 is 4.90 Å². The molecule has 2 aromatic carbocycles. The van der Waals surface area contributed by atoms with Crippen LogP contribution in [0.4, 0.5) is 0 Å². The van der Waals surface area contributed by atoms with Gasteiger partial charge in [0.05, 0.1) is 11.9 Å². The van der Waals surface area contributed by atoms with Crippen LogP contribution in [0.25, 0.3) is 16.9 Å². The lowest BCUT2D eigenvalue weighted by Crippen LogP contribution is -2.52. The fourth-order valence-corrected chi connectivity index (χ4v) is 4.40. The van der Waals surface area contributed by atoms with E-state index in [0.717, 1.165) is 22.5 Å². The van der Waals surface area contributed by atoms with Crippen LogP contribution < -0.4 is 5.32 Å². The van der Waals surface area contributed by atoms with Gasteiger partial charge in [-0.3, -0.25) is 19.7 Å². The van der Waals surface area contributed by atoms with Gasteiger partial charge in [0, 0.05) is 29.0 Å². The van der Waals surface area contributed by atoms with Gasteiger partial charge in [0.15, 0.2) is 0 Å². The molecular formula is C22H19N5O3S. The number of piperidine rings is 1. The predicted molar refractivity (Wildman–Crippen MR) is 115 cm³/mol. The Labute approximate surface area is 182 Å². The van der Waals surface area contributed by atoms with Crippen molar-refractivity contribution in [3.8, 4) is 16.9 Å². The van der Waals surface area contributed by atoms with E-state index in [-0.39, 0.29) is 18.2 Å². The maximum Gasteiger partial charge on any atom is 0.255 e. The molecule has 156 valence electrons. The zero-order chi connectivity index (χ0) is 21.5. The lowest BCUT2D eigenvalue weighted by atomic mass is 10.0. The number of nitrogens with zero attached hydrogens (tertiary/aromatic N) is 4. The van der Waals surface area contributed by atoms with Crippen LogP contribution >= 0.6 is 11.8 Å². The highest BCUT2D eigenvalue weighted by atomic mass is 32.2. The van der Waals surface area contributed by atoms with E-state index in [2.05, 4.69) is 15.6 Å². The van der Waals surface area contributed by atoms with E-state index < -0.39 is 11.9 Å². The van der Waals surface area contributed by atoms with E-state index in [4.69, 9.17) is 0 Å². The molecule has 1 unspecified atom stereocenters. The number of aromatic nitrogens is 3. The molecule has 0 bridgehead atoms. The van der Waals surface area contributed by atoms with Gasteiger partial charge in [0.1, 0.15) is 11.7 Å². The van der Waals surface area contributed by atoms with Gasteiger partial charge in [-0.15, -0.1) is 16.9 Å². The lowest BCUT2D eigenvalue weighted by molar-refractivity contribution is -0.136. The first-order chi connectivity index (χ1) is 15.0. The Hall–Kier alpha value is -3.46. The molecule has 1 atom stereocenters. The van der Waals surface area contributed by atoms with E-state index in [1.54, 1.807) is 22.5 Å². The summed E-state index contributed by atoms with van der Waals surface area (Å²) in [7, 11) is 0. The fraction of sp³-hybridized carbons (Fsp3) is 0.227. The van der Waals surface area contributed by atoms with Gasteiger partial charge in [-0.25, -0.2) is 4.68 Å². The maximum absolute atomic E-state index is 12.8. The van der Waals surface area contributed by atoms with E-state index in [1.165, 1.54) is 9.80 Å². The molecule has 1 N–H and O–H groups in total. The molecular weight excluding hydrogens is 414 g/mol. The van der Waals surface area contributed by atoms with Crippen LogP contribution in [0.5, 0.6) is 0 Å². The molecule has 1 aromatic heterocycles. The van der Waals surface area contributed by atoms with Gasteiger partial charge >= 0.3 is 0 Å². The number of thioether (sulfide) groups is 1. The summed E-state index contributed by atoms with van der Waals surface area (Å²) >= 11 is 1.68. The summed E-state index contributed by atoms with van der Waals surface area (Å²) in [6.07, 6.45) is 4.47. The van der Waals surface area contributed by atoms with Crippen molar-refractivity contribution >= 4 is 29.5 Å². The largest absolute Gasteiger partial charge is 0.322 e. The van der Waals surface area contributed by atoms with Crippen LogP contribution in [0.15, 0.2) is 53.6 Å². The van der Waals surface area contributed by atoms with Gasteiger partial charge in [-0.1, -0.05) is 17.3 Å². The number of hydrogen-bond donors (Lipinski definition) is 1. The standard InChI is InChI=1S/C22H19N5O3S/c1-31-16-5-2-13(3-6-16)18-12-27(25-24-18)15-4-7-17-14(10-15)11-26(22(17)30)19-8-9-20(28)23-21(19)29/h2-7,10,12,19H,8-9,11H2,1H3,(H,23,28,29). The highest BCUT2D eigenvalue weighted by molar-refractivity contribution is 7.98. The summed E-state index contributed by atoms with van der Waals surface area (Å²) in [6.45, 7) is 0.325. The summed E-state index contributed by atoms with van der Waals surface area (Å²) in [6, 6.07) is 13.0. The topological polar surface area (TPSA) is 97.2 Å². The smallest absolute Gasteiger partial charge is 0.255 e. The number of carbonyl (C=O) groups is 3. The molecule has 2 aliphatic rings. The maximum atomic E-state index is 12.8. The Bertz CT molecular complexity index is 1200. The Morgan fingerprint density at radius 1 is 1.10 bits per heavy atom. The third kappa shape index (κ3) is 3.50. The predicted octanol–water partition coefficient (Wildman–Crippen LogP) is 2.42. The van der Waals surface area contributed by atoms with Crippen LogP contribution in [-0.2, 0) is 16.1 Å². The second kappa shape index (κ2) is 7.66. The van der Waals surface area contributed by atoms with Crippen LogP contribution in [0, 0.1) is 0 Å².